The summed E-state index contributed by atoms with van der Waals surface area (Å²) in [6.07, 6.45) is 0. The standard InChI is InChI=1S/C5H12Cl2NPS/c1-4-8(5(2)3)9(6,7)10/h5H,4H2,1-3H3. The van der Waals surface area contributed by atoms with Gasteiger partial charge in [0.1, 0.15) is 0 Å². The Morgan fingerprint density at radius 3 is 1.90 bits per heavy atom. The number of hydrogen-bond acceptors (Lipinski definition) is 1. The van der Waals surface area contributed by atoms with E-state index < -0.39 is 4.89 Å². The molecule has 0 radical (unpaired) electrons. The zero-order chi connectivity index (χ0) is 8.36. The van der Waals surface area contributed by atoms with Gasteiger partial charge in [0, 0.05) is 12.6 Å². The van der Waals surface area contributed by atoms with Gasteiger partial charge in [-0.25, -0.2) is 4.67 Å². The summed E-state index contributed by atoms with van der Waals surface area (Å²) < 4.78 is 1.94. The Labute approximate surface area is 77.3 Å². The summed E-state index contributed by atoms with van der Waals surface area (Å²) in [5.41, 5.74) is 0. The van der Waals surface area contributed by atoms with E-state index in [0.717, 1.165) is 6.54 Å². The van der Waals surface area contributed by atoms with Crippen LogP contribution in [0.1, 0.15) is 20.8 Å². The van der Waals surface area contributed by atoms with Crippen LogP contribution in [0.15, 0.2) is 0 Å². The smallest absolute Gasteiger partial charge is 0.183 e. The molecule has 0 unspecified atom stereocenters. The highest BCUT2D eigenvalue weighted by Gasteiger charge is 2.20. The van der Waals surface area contributed by atoms with Gasteiger partial charge in [0.2, 0.25) is 0 Å². The second-order valence-electron chi connectivity index (χ2n) is 2.28. The number of rotatable bonds is 3. The molecular weight excluding hydrogens is 208 g/mol. The molecule has 0 aromatic rings. The monoisotopic (exact) mass is 219 g/mol. The largest absolute Gasteiger partial charge is 0.249 e. The molecule has 0 atom stereocenters. The highest BCUT2D eigenvalue weighted by Crippen LogP contribution is 2.60. The minimum atomic E-state index is -2.22. The first-order chi connectivity index (χ1) is 4.39. The highest BCUT2D eigenvalue weighted by molar-refractivity contribution is 8.37. The van der Waals surface area contributed by atoms with Gasteiger partial charge in [-0.2, -0.15) is 0 Å². The Kier molecular flexibility index (Phi) is 4.78. The molecule has 0 aromatic heterocycles. The van der Waals surface area contributed by atoms with E-state index in [2.05, 4.69) is 0 Å². The Bertz CT molecular complexity index is 145. The molecule has 0 N–H and O–H groups in total. The Balaban J connectivity index is 4.22. The molecule has 0 aliphatic rings. The van der Waals surface area contributed by atoms with Gasteiger partial charge < -0.3 is 0 Å². The van der Waals surface area contributed by atoms with Crippen LogP contribution in [-0.2, 0) is 11.8 Å². The fourth-order valence-corrected chi connectivity index (χ4v) is 4.27. The van der Waals surface area contributed by atoms with Crippen LogP contribution in [-0.4, -0.2) is 17.3 Å². The van der Waals surface area contributed by atoms with Gasteiger partial charge >= 0.3 is 0 Å². The third kappa shape index (κ3) is 3.54. The minimum absolute atomic E-state index is 0.339. The molecule has 0 fully saturated rings. The Morgan fingerprint density at radius 1 is 1.50 bits per heavy atom. The molecule has 0 amide bonds. The zero-order valence-electron chi connectivity index (χ0n) is 6.34. The van der Waals surface area contributed by atoms with Crippen molar-refractivity contribution in [3.63, 3.8) is 0 Å². The van der Waals surface area contributed by atoms with Gasteiger partial charge in [0.15, 0.2) is 4.89 Å². The van der Waals surface area contributed by atoms with Crippen molar-refractivity contribution in [3.05, 3.63) is 0 Å². The first-order valence-corrected chi connectivity index (χ1v) is 7.72. The summed E-state index contributed by atoms with van der Waals surface area (Å²) >= 11 is 16.6. The summed E-state index contributed by atoms with van der Waals surface area (Å²) in [5.74, 6) is 0. The van der Waals surface area contributed by atoms with Crippen molar-refractivity contribution in [3.8, 4) is 0 Å². The van der Waals surface area contributed by atoms with Crippen molar-refractivity contribution in [1.82, 2.24) is 4.67 Å². The summed E-state index contributed by atoms with van der Waals surface area (Å²) in [5, 5.41) is 0. The summed E-state index contributed by atoms with van der Waals surface area (Å²) in [7, 11) is 0. The second-order valence-corrected chi connectivity index (χ2v) is 9.91. The van der Waals surface area contributed by atoms with Gasteiger partial charge in [0.25, 0.3) is 0 Å². The average molecular weight is 220 g/mol. The zero-order valence-corrected chi connectivity index (χ0v) is 9.57. The van der Waals surface area contributed by atoms with E-state index in [1.165, 1.54) is 0 Å². The van der Waals surface area contributed by atoms with Crippen molar-refractivity contribution in [2.24, 2.45) is 0 Å². The van der Waals surface area contributed by atoms with Gasteiger partial charge in [-0.05, 0) is 25.7 Å². The molecule has 0 aliphatic heterocycles. The lowest BCUT2D eigenvalue weighted by molar-refractivity contribution is 0.409. The van der Waals surface area contributed by atoms with Gasteiger partial charge in [0.05, 0.1) is 0 Å². The van der Waals surface area contributed by atoms with Gasteiger partial charge in [-0.3, -0.25) is 0 Å². The van der Waals surface area contributed by atoms with Crippen LogP contribution in [0.4, 0.5) is 0 Å². The van der Waals surface area contributed by atoms with E-state index in [1.54, 1.807) is 0 Å². The normalized spacial score (nSPS) is 13.1. The lowest BCUT2D eigenvalue weighted by atomic mass is 10.4. The third-order valence-electron chi connectivity index (χ3n) is 1.22. The van der Waals surface area contributed by atoms with Gasteiger partial charge in [-0.1, -0.05) is 29.4 Å². The molecule has 10 heavy (non-hydrogen) atoms. The fourth-order valence-electron chi connectivity index (χ4n) is 0.799. The number of hydrogen-bond donors (Lipinski definition) is 0. The fraction of sp³-hybridized carbons (Fsp3) is 1.00. The van der Waals surface area contributed by atoms with Crippen molar-refractivity contribution >= 4 is 39.2 Å². The van der Waals surface area contributed by atoms with E-state index >= 15 is 0 Å². The summed E-state index contributed by atoms with van der Waals surface area (Å²) in [6, 6.07) is 0.339. The SMILES string of the molecule is CCN(C(C)C)P(=S)(Cl)Cl. The number of halogens is 2. The van der Waals surface area contributed by atoms with Crippen molar-refractivity contribution in [2.45, 2.75) is 26.8 Å². The molecule has 0 saturated heterocycles. The maximum Gasteiger partial charge on any atom is 0.183 e. The molecule has 0 saturated carbocycles. The Hall–Kier alpha value is 1.19. The van der Waals surface area contributed by atoms with Crippen LogP contribution in [0, 0.1) is 0 Å². The van der Waals surface area contributed by atoms with Crippen LogP contribution >= 0.6 is 27.4 Å². The number of nitrogens with zero attached hydrogens (tertiary/aromatic N) is 1. The van der Waals surface area contributed by atoms with Crippen LogP contribution in [0.2, 0.25) is 0 Å². The molecule has 0 bridgehead atoms. The van der Waals surface area contributed by atoms with Crippen LogP contribution in [0.3, 0.4) is 0 Å². The topological polar surface area (TPSA) is 3.24 Å². The first kappa shape index (κ1) is 11.2. The van der Waals surface area contributed by atoms with E-state index in [9.17, 15) is 0 Å². The van der Waals surface area contributed by atoms with E-state index in [-0.39, 0.29) is 0 Å². The lowest BCUT2D eigenvalue weighted by Crippen LogP contribution is -2.23. The van der Waals surface area contributed by atoms with E-state index in [4.69, 9.17) is 34.3 Å². The van der Waals surface area contributed by atoms with Crippen molar-refractivity contribution < 1.29 is 0 Å². The molecule has 0 aliphatic carbocycles. The minimum Gasteiger partial charge on any atom is -0.249 e. The maximum absolute atomic E-state index is 5.81. The predicted molar refractivity (Wildman–Crippen MR) is 53.5 cm³/mol. The molecule has 5 heteroatoms. The quantitative estimate of drug-likeness (QED) is 0.670. The summed E-state index contributed by atoms with van der Waals surface area (Å²) in [6.45, 7) is 6.90. The molecule has 1 nitrogen and oxygen atoms in total. The molecule has 0 rings (SSSR count). The summed E-state index contributed by atoms with van der Waals surface area (Å²) in [4.78, 5) is -2.22. The second kappa shape index (κ2) is 4.27. The molecule has 0 heterocycles. The highest BCUT2D eigenvalue weighted by atomic mass is 35.9. The van der Waals surface area contributed by atoms with E-state index in [1.807, 2.05) is 25.4 Å². The molecule has 0 aromatic carbocycles. The van der Waals surface area contributed by atoms with Crippen LogP contribution in [0.5, 0.6) is 0 Å². The Morgan fingerprint density at radius 2 is 1.90 bits per heavy atom. The third-order valence-corrected chi connectivity index (χ3v) is 4.36. The van der Waals surface area contributed by atoms with Crippen molar-refractivity contribution in [1.29, 1.82) is 0 Å². The van der Waals surface area contributed by atoms with Crippen LogP contribution in [0.25, 0.3) is 0 Å². The molecule has 62 valence electrons. The predicted octanol–water partition coefficient (Wildman–Crippen LogP) is 3.42. The van der Waals surface area contributed by atoms with Crippen molar-refractivity contribution in [2.75, 3.05) is 6.54 Å². The first-order valence-electron chi connectivity index (χ1n) is 3.16. The maximum atomic E-state index is 5.81. The van der Waals surface area contributed by atoms with Crippen LogP contribution < -0.4 is 0 Å². The molecule has 0 spiro atoms. The lowest BCUT2D eigenvalue weighted by Gasteiger charge is -2.27. The average Bonchev–Trinajstić information content (AvgIpc) is 1.60. The molecular formula is C5H12Cl2NPS. The van der Waals surface area contributed by atoms with E-state index in [0.29, 0.717) is 6.04 Å². The van der Waals surface area contributed by atoms with Gasteiger partial charge in [-0.15, -0.1) is 0 Å².